The van der Waals surface area contributed by atoms with Crippen molar-refractivity contribution >= 4 is 45.9 Å². The van der Waals surface area contributed by atoms with E-state index in [1.165, 1.54) is 4.90 Å². The average molecular weight is 743 g/mol. The highest BCUT2D eigenvalue weighted by Gasteiger charge is 2.30. The van der Waals surface area contributed by atoms with Gasteiger partial charge in [-0.1, -0.05) is 11.6 Å². The number of amides is 4. The number of aromatic nitrogens is 2. The number of imide groups is 1. The van der Waals surface area contributed by atoms with Crippen LogP contribution < -0.4 is 30.0 Å². The van der Waals surface area contributed by atoms with Crippen LogP contribution in [0.1, 0.15) is 42.5 Å². The van der Waals surface area contributed by atoms with Crippen LogP contribution in [0, 0.1) is 5.92 Å². The molecule has 4 amide bonds. The SMILES string of the molecule is COc1cc(-c2cn(C)c(=O)c3cnccc23)cc(OC)c1OC1CCN(CC2CCN(C(=O)c3ccc(Cl)c(N4CCC(=O)NC4=O)c3)CC2)CC1. The lowest BCUT2D eigenvalue weighted by Gasteiger charge is -2.38. The molecule has 1 N–H and O–H groups in total. The molecule has 2 aromatic carbocycles. The molecular formula is C39H43ClN6O7. The number of halogens is 1. The Morgan fingerprint density at radius 3 is 2.32 bits per heavy atom. The Morgan fingerprint density at radius 1 is 0.925 bits per heavy atom. The Labute approximate surface area is 312 Å². The fraction of sp³-hybridized carbons (Fsp3) is 0.410. The molecule has 13 nitrogen and oxygen atoms in total. The third-order valence-electron chi connectivity index (χ3n) is 10.5. The van der Waals surface area contributed by atoms with Crippen molar-refractivity contribution in [2.45, 2.75) is 38.2 Å². The number of hydrogen-bond donors (Lipinski definition) is 1. The van der Waals surface area contributed by atoms with Crippen LogP contribution in [-0.2, 0) is 11.8 Å². The maximum atomic E-state index is 13.5. The highest BCUT2D eigenvalue weighted by Crippen LogP contribution is 2.43. The maximum absolute atomic E-state index is 13.5. The molecule has 2 aromatic heterocycles. The van der Waals surface area contributed by atoms with Crippen LogP contribution in [0.15, 0.2) is 59.8 Å². The second-order valence-electron chi connectivity index (χ2n) is 13.9. The largest absolute Gasteiger partial charge is 0.493 e. The molecule has 0 bridgehead atoms. The zero-order valence-electron chi connectivity index (χ0n) is 30.1. The standard InChI is InChI=1S/C39H43ClN6O7/c1-43-23-30(28-6-12-41-21-29(28)38(43)49)26-19-33(51-2)36(34(20-26)52-3)53-27-9-13-44(14-10-27)22-24-7-15-45(16-8-24)37(48)25-4-5-31(40)32(18-25)46-17-11-35(47)42-39(46)50/h4-6,12,18-21,23-24,27H,7-11,13-17,22H2,1-3H3,(H,42,47,50). The first kappa shape index (κ1) is 36.2. The van der Waals surface area contributed by atoms with Gasteiger partial charge in [-0.2, -0.15) is 0 Å². The zero-order valence-corrected chi connectivity index (χ0v) is 30.9. The van der Waals surface area contributed by atoms with Crippen LogP contribution in [0.25, 0.3) is 21.9 Å². The van der Waals surface area contributed by atoms with Crippen molar-refractivity contribution in [3.05, 3.63) is 75.9 Å². The number of nitrogens with one attached hydrogen (secondary N) is 1. The normalized spacial score (nSPS) is 17.6. The molecular weight excluding hydrogens is 700 g/mol. The Kier molecular flexibility index (Phi) is 10.6. The molecule has 3 aliphatic rings. The van der Waals surface area contributed by atoms with E-state index in [-0.39, 0.29) is 36.4 Å². The number of anilines is 1. The predicted molar refractivity (Wildman–Crippen MR) is 201 cm³/mol. The van der Waals surface area contributed by atoms with Crippen LogP contribution in [-0.4, -0.2) is 96.8 Å². The van der Waals surface area contributed by atoms with E-state index in [0.717, 1.165) is 61.8 Å². The summed E-state index contributed by atoms with van der Waals surface area (Å²) >= 11 is 6.40. The van der Waals surface area contributed by atoms with Crippen molar-refractivity contribution in [1.29, 1.82) is 0 Å². The number of pyridine rings is 2. The molecule has 0 atom stereocenters. The molecule has 53 heavy (non-hydrogen) atoms. The number of hydrogen-bond acceptors (Lipinski definition) is 9. The van der Waals surface area contributed by atoms with Gasteiger partial charge in [0.05, 0.1) is 30.3 Å². The van der Waals surface area contributed by atoms with Gasteiger partial charge in [-0.3, -0.25) is 29.6 Å². The van der Waals surface area contributed by atoms with Gasteiger partial charge in [0.1, 0.15) is 6.10 Å². The average Bonchev–Trinajstić information content (AvgIpc) is 3.17. The van der Waals surface area contributed by atoms with Gasteiger partial charge in [0, 0.05) is 82.5 Å². The van der Waals surface area contributed by atoms with E-state index in [1.54, 1.807) is 56.4 Å². The number of carbonyl (C=O) groups is 3. The van der Waals surface area contributed by atoms with Crippen LogP contribution in [0.4, 0.5) is 10.5 Å². The molecule has 0 radical (unpaired) electrons. The molecule has 0 unspecified atom stereocenters. The molecule has 0 aliphatic carbocycles. The van der Waals surface area contributed by atoms with Crippen molar-refractivity contribution in [3.63, 3.8) is 0 Å². The fourth-order valence-corrected chi connectivity index (χ4v) is 7.80. The second kappa shape index (κ2) is 15.5. The number of methoxy groups -OCH3 is 2. The zero-order chi connectivity index (χ0) is 37.2. The van der Waals surface area contributed by atoms with E-state index in [0.29, 0.717) is 57.9 Å². The van der Waals surface area contributed by atoms with Gasteiger partial charge in [0.15, 0.2) is 11.5 Å². The van der Waals surface area contributed by atoms with Gasteiger partial charge in [-0.15, -0.1) is 0 Å². The molecule has 7 rings (SSSR count). The number of ether oxygens (including phenoxy) is 3. The fourth-order valence-electron chi connectivity index (χ4n) is 7.58. The summed E-state index contributed by atoms with van der Waals surface area (Å²) in [6.07, 6.45) is 8.76. The number of carbonyl (C=O) groups excluding carboxylic acids is 3. The quantitative estimate of drug-likeness (QED) is 0.248. The van der Waals surface area contributed by atoms with Crippen molar-refractivity contribution in [1.82, 2.24) is 24.7 Å². The summed E-state index contributed by atoms with van der Waals surface area (Å²) in [5.74, 6) is 1.74. The molecule has 4 aromatic rings. The van der Waals surface area contributed by atoms with E-state index >= 15 is 0 Å². The smallest absolute Gasteiger partial charge is 0.328 e. The van der Waals surface area contributed by atoms with Gasteiger partial charge in [-0.05, 0) is 78.9 Å². The molecule has 5 heterocycles. The van der Waals surface area contributed by atoms with Crippen molar-refractivity contribution in [3.8, 4) is 28.4 Å². The Bertz CT molecular complexity index is 2080. The lowest BCUT2D eigenvalue weighted by molar-refractivity contribution is -0.120. The lowest BCUT2D eigenvalue weighted by atomic mass is 9.94. The summed E-state index contributed by atoms with van der Waals surface area (Å²) in [7, 11) is 4.95. The predicted octanol–water partition coefficient (Wildman–Crippen LogP) is 5.11. The second-order valence-corrected chi connectivity index (χ2v) is 14.3. The minimum atomic E-state index is -0.538. The third-order valence-corrected chi connectivity index (χ3v) is 10.9. The summed E-state index contributed by atoms with van der Waals surface area (Å²) in [5.41, 5.74) is 2.47. The summed E-state index contributed by atoms with van der Waals surface area (Å²) in [5, 5.41) is 3.99. The minimum absolute atomic E-state index is 0.00964. The van der Waals surface area contributed by atoms with Gasteiger partial charge in [-0.25, -0.2) is 4.79 Å². The highest BCUT2D eigenvalue weighted by molar-refractivity contribution is 6.34. The van der Waals surface area contributed by atoms with Gasteiger partial charge < -0.3 is 28.6 Å². The van der Waals surface area contributed by atoms with Crippen molar-refractivity contribution < 1.29 is 28.6 Å². The first-order chi connectivity index (χ1) is 25.6. The summed E-state index contributed by atoms with van der Waals surface area (Å²) < 4.78 is 19.8. The Balaban J connectivity index is 0.939. The van der Waals surface area contributed by atoms with Crippen molar-refractivity contribution in [2.24, 2.45) is 13.0 Å². The first-order valence-electron chi connectivity index (χ1n) is 17.9. The van der Waals surface area contributed by atoms with Crippen LogP contribution >= 0.6 is 11.6 Å². The lowest BCUT2D eigenvalue weighted by Crippen LogP contribution is -2.49. The topological polar surface area (TPSA) is 136 Å². The monoisotopic (exact) mass is 742 g/mol. The maximum Gasteiger partial charge on any atom is 0.328 e. The van der Waals surface area contributed by atoms with Gasteiger partial charge in [0.25, 0.3) is 11.5 Å². The number of rotatable bonds is 9. The minimum Gasteiger partial charge on any atom is -0.493 e. The Hall–Kier alpha value is -5.14. The number of likely N-dealkylation sites (tertiary alicyclic amines) is 2. The van der Waals surface area contributed by atoms with Crippen molar-refractivity contribution in [2.75, 3.05) is 58.4 Å². The molecule has 3 fully saturated rings. The van der Waals surface area contributed by atoms with Gasteiger partial charge in [0.2, 0.25) is 11.7 Å². The molecule has 3 aliphatic heterocycles. The van der Waals surface area contributed by atoms with E-state index in [2.05, 4.69) is 15.2 Å². The van der Waals surface area contributed by atoms with Gasteiger partial charge >= 0.3 is 6.03 Å². The third kappa shape index (κ3) is 7.54. The molecule has 3 saturated heterocycles. The molecule has 278 valence electrons. The van der Waals surface area contributed by atoms with E-state index in [1.807, 2.05) is 29.3 Å². The molecule has 14 heteroatoms. The molecule has 0 spiro atoms. The molecule has 0 saturated carbocycles. The summed E-state index contributed by atoms with van der Waals surface area (Å²) in [4.78, 5) is 60.1. The number of aryl methyl sites for hydroxylation is 1. The van der Waals surface area contributed by atoms with E-state index in [9.17, 15) is 19.2 Å². The van der Waals surface area contributed by atoms with E-state index in [4.69, 9.17) is 25.8 Å². The number of benzene rings is 2. The number of fused-ring (bicyclic) bond motifs is 1. The Morgan fingerprint density at radius 2 is 1.64 bits per heavy atom. The number of piperidine rings is 2. The summed E-state index contributed by atoms with van der Waals surface area (Å²) in [6, 6.07) is 10.1. The first-order valence-corrected chi connectivity index (χ1v) is 18.3. The number of nitrogens with zero attached hydrogens (tertiary/aromatic N) is 5. The summed E-state index contributed by atoms with van der Waals surface area (Å²) in [6.45, 7) is 4.28. The van der Waals surface area contributed by atoms with Crippen LogP contribution in [0.2, 0.25) is 5.02 Å². The highest BCUT2D eigenvalue weighted by atomic mass is 35.5. The number of urea groups is 1. The van der Waals surface area contributed by atoms with Crippen LogP contribution in [0.3, 0.4) is 0 Å². The van der Waals surface area contributed by atoms with E-state index < -0.39 is 6.03 Å². The van der Waals surface area contributed by atoms with Crippen LogP contribution in [0.5, 0.6) is 17.2 Å².